The maximum atomic E-state index is 13.4. The number of aromatic nitrogens is 3. The first-order chi connectivity index (χ1) is 17.8. The van der Waals surface area contributed by atoms with Gasteiger partial charge in [-0.1, -0.05) is 6.07 Å². The molecule has 190 valence electrons. The van der Waals surface area contributed by atoms with Crippen molar-refractivity contribution in [1.82, 2.24) is 14.5 Å². The predicted octanol–water partition coefficient (Wildman–Crippen LogP) is 3.44. The second-order valence-corrected chi connectivity index (χ2v) is 11.2. The van der Waals surface area contributed by atoms with Crippen molar-refractivity contribution >= 4 is 44.1 Å². The molecular formula is C25H24N6O4S2. The average Bonchev–Trinajstić information content (AvgIpc) is 3.63. The first-order valence-electron chi connectivity index (χ1n) is 11.6. The van der Waals surface area contributed by atoms with Gasteiger partial charge in [-0.05, 0) is 65.8 Å². The lowest BCUT2D eigenvalue weighted by Gasteiger charge is -2.15. The van der Waals surface area contributed by atoms with Crippen LogP contribution in [-0.2, 0) is 21.0 Å². The van der Waals surface area contributed by atoms with Crippen molar-refractivity contribution < 1.29 is 17.4 Å². The number of nitriles is 1. The average molecular weight is 537 g/mol. The minimum Gasteiger partial charge on any atom is -0.367 e. The van der Waals surface area contributed by atoms with Crippen LogP contribution in [0.25, 0.3) is 10.9 Å². The van der Waals surface area contributed by atoms with Crippen LogP contribution in [0, 0.1) is 17.2 Å². The Kier molecular flexibility index (Phi) is 7.03. The number of anilines is 1. The van der Waals surface area contributed by atoms with Crippen LogP contribution in [0.5, 0.6) is 0 Å². The Labute approximate surface area is 218 Å². The number of hydrogen-bond donors (Lipinski definition) is 2. The molecule has 1 aromatic carbocycles. The molecule has 1 fully saturated rings. The molecule has 5 rings (SSSR count). The highest BCUT2D eigenvalue weighted by molar-refractivity contribution is 7.84. The van der Waals surface area contributed by atoms with E-state index in [9.17, 15) is 18.5 Å². The highest BCUT2D eigenvalue weighted by Crippen LogP contribution is 2.30. The monoisotopic (exact) mass is 536 g/mol. The van der Waals surface area contributed by atoms with Crippen LogP contribution in [-0.4, -0.2) is 41.4 Å². The van der Waals surface area contributed by atoms with Crippen molar-refractivity contribution in [3.63, 3.8) is 0 Å². The predicted molar refractivity (Wildman–Crippen MR) is 139 cm³/mol. The topological polar surface area (TPSA) is 153 Å². The summed E-state index contributed by atoms with van der Waals surface area (Å²) in [5.41, 5.74) is 2.92. The van der Waals surface area contributed by atoms with E-state index in [1.807, 2.05) is 35.8 Å². The van der Waals surface area contributed by atoms with Gasteiger partial charge in [0, 0.05) is 30.5 Å². The summed E-state index contributed by atoms with van der Waals surface area (Å²) in [5.74, 6) is 0.328. The fourth-order valence-electron chi connectivity index (χ4n) is 4.65. The maximum absolute atomic E-state index is 13.4. The Morgan fingerprint density at radius 1 is 1.30 bits per heavy atom. The quantitative estimate of drug-likeness (QED) is 0.309. The zero-order chi connectivity index (χ0) is 26.0. The number of benzene rings is 1. The van der Waals surface area contributed by atoms with Crippen LogP contribution in [0.2, 0.25) is 0 Å². The molecular weight excluding hydrogens is 512 g/mol. The second kappa shape index (κ2) is 10.4. The van der Waals surface area contributed by atoms with Gasteiger partial charge in [-0.15, -0.1) is 11.3 Å². The maximum Gasteiger partial charge on any atom is 0.333 e. The molecule has 3 aromatic heterocycles. The fourth-order valence-corrected chi connectivity index (χ4v) is 5.89. The van der Waals surface area contributed by atoms with Gasteiger partial charge >= 0.3 is 10.3 Å². The Balaban J connectivity index is 1.28. The second-order valence-electron chi connectivity index (χ2n) is 9.06. The number of thiophene rings is 1. The molecule has 0 amide bonds. The highest BCUT2D eigenvalue weighted by atomic mass is 32.2. The van der Waals surface area contributed by atoms with Gasteiger partial charge in [0.15, 0.2) is 0 Å². The molecule has 10 nitrogen and oxygen atoms in total. The standard InChI is InChI=1S/C25H24N6O4S2/c26-10-16-1-3-19-5-6-31(22(19)8-16)12-18-9-23(36-14-18)24(32)21-11-28-15-29-25(21)30-20-4-2-17(7-20)13-35-37(27,33)34/h1,3,5-6,8-9,11,14-15,17,20H,2,4,7,12-13H2,(H2,27,33,34)(H,28,29,30)/t17-,20+/m1/s1. The van der Waals surface area contributed by atoms with Crippen molar-refractivity contribution in [1.29, 1.82) is 5.26 Å². The Bertz CT molecular complexity index is 1600. The number of nitrogens with one attached hydrogen (secondary N) is 1. The lowest BCUT2D eigenvalue weighted by molar-refractivity contribution is 0.104. The van der Waals surface area contributed by atoms with Crippen LogP contribution in [0.1, 0.15) is 45.6 Å². The van der Waals surface area contributed by atoms with Crippen LogP contribution in [0.3, 0.4) is 0 Å². The zero-order valence-corrected chi connectivity index (χ0v) is 21.3. The van der Waals surface area contributed by atoms with Gasteiger partial charge in [0.2, 0.25) is 5.78 Å². The summed E-state index contributed by atoms with van der Waals surface area (Å²) in [5, 5.41) is 20.5. The molecule has 2 atom stereocenters. The van der Waals surface area contributed by atoms with E-state index in [1.165, 1.54) is 23.9 Å². The summed E-state index contributed by atoms with van der Waals surface area (Å²) < 4.78 is 28.9. The number of fused-ring (bicyclic) bond motifs is 1. The summed E-state index contributed by atoms with van der Waals surface area (Å²) in [4.78, 5) is 22.3. The Morgan fingerprint density at radius 2 is 2.16 bits per heavy atom. The van der Waals surface area contributed by atoms with E-state index in [2.05, 4.69) is 25.9 Å². The molecule has 1 aliphatic carbocycles. The zero-order valence-electron chi connectivity index (χ0n) is 19.7. The van der Waals surface area contributed by atoms with Crippen molar-refractivity contribution in [3.05, 3.63) is 76.0 Å². The van der Waals surface area contributed by atoms with Gasteiger partial charge in [-0.2, -0.15) is 13.7 Å². The van der Waals surface area contributed by atoms with Crippen molar-refractivity contribution in [2.75, 3.05) is 11.9 Å². The van der Waals surface area contributed by atoms with Gasteiger partial charge < -0.3 is 9.88 Å². The molecule has 3 N–H and O–H groups in total. The van der Waals surface area contributed by atoms with Gasteiger partial charge in [0.25, 0.3) is 0 Å². The van der Waals surface area contributed by atoms with E-state index in [0.717, 1.165) is 29.3 Å². The third kappa shape index (κ3) is 5.86. The minimum absolute atomic E-state index is 0.0229. The summed E-state index contributed by atoms with van der Waals surface area (Å²) in [7, 11) is -3.96. The van der Waals surface area contributed by atoms with Gasteiger partial charge in [-0.3, -0.25) is 8.98 Å². The smallest absolute Gasteiger partial charge is 0.333 e. The molecule has 1 saturated carbocycles. The molecule has 0 spiro atoms. The normalized spacial score (nSPS) is 17.6. The first kappa shape index (κ1) is 25.0. The minimum atomic E-state index is -3.96. The fraction of sp³-hybridized carbons (Fsp3) is 0.280. The molecule has 1 aliphatic rings. The van der Waals surface area contributed by atoms with E-state index in [4.69, 9.17) is 9.32 Å². The summed E-state index contributed by atoms with van der Waals surface area (Å²) in [6, 6.07) is 11.7. The van der Waals surface area contributed by atoms with Crippen LogP contribution in [0.4, 0.5) is 5.82 Å². The van der Waals surface area contributed by atoms with Crippen molar-refractivity contribution in [3.8, 4) is 6.07 Å². The van der Waals surface area contributed by atoms with Crippen LogP contribution in [0.15, 0.2) is 54.4 Å². The molecule has 37 heavy (non-hydrogen) atoms. The van der Waals surface area contributed by atoms with Crippen LogP contribution >= 0.6 is 11.3 Å². The van der Waals surface area contributed by atoms with E-state index in [0.29, 0.717) is 34.8 Å². The van der Waals surface area contributed by atoms with Gasteiger partial charge in [-0.25, -0.2) is 15.1 Å². The number of rotatable bonds is 9. The molecule has 0 bridgehead atoms. The Hall–Kier alpha value is -3.63. The van der Waals surface area contributed by atoms with Crippen molar-refractivity contribution in [2.45, 2.75) is 31.8 Å². The molecule has 0 unspecified atom stereocenters. The SMILES string of the molecule is N#Cc1ccc2ccn(Cc3csc(C(=O)c4cncnc4N[C@H]4CC[C@@H](COS(N)(=O)=O)C4)c3)c2c1. The molecule has 4 aromatic rings. The van der Waals surface area contributed by atoms with Crippen LogP contribution < -0.4 is 10.5 Å². The number of ketones is 1. The largest absolute Gasteiger partial charge is 0.367 e. The molecule has 0 aliphatic heterocycles. The van der Waals surface area contributed by atoms with E-state index >= 15 is 0 Å². The number of hydrogen-bond acceptors (Lipinski definition) is 9. The lowest BCUT2D eigenvalue weighted by Crippen LogP contribution is -2.22. The van der Waals surface area contributed by atoms with E-state index < -0.39 is 10.3 Å². The Morgan fingerprint density at radius 3 is 2.97 bits per heavy atom. The number of carbonyl (C=O) groups excluding carboxylic acids is 1. The number of nitrogens with two attached hydrogens (primary N) is 1. The van der Waals surface area contributed by atoms with Gasteiger partial charge in [0.1, 0.15) is 12.1 Å². The third-order valence-electron chi connectivity index (χ3n) is 6.44. The van der Waals surface area contributed by atoms with Gasteiger partial charge in [0.05, 0.1) is 28.7 Å². The number of carbonyl (C=O) groups is 1. The first-order valence-corrected chi connectivity index (χ1v) is 14.0. The van der Waals surface area contributed by atoms with E-state index in [1.54, 1.807) is 6.07 Å². The molecule has 3 heterocycles. The summed E-state index contributed by atoms with van der Waals surface area (Å²) >= 11 is 1.36. The molecule has 12 heteroatoms. The summed E-state index contributed by atoms with van der Waals surface area (Å²) in [6.45, 7) is 0.613. The van der Waals surface area contributed by atoms with Crippen molar-refractivity contribution in [2.24, 2.45) is 11.1 Å². The molecule has 0 radical (unpaired) electrons. The summed E-state index contributed by atoms with van der Waals surface area (Å²) in [6.07, 6.45) is 7.12. The highest BCUT2D eigenvalue weighted by Gasteiger charge is 2.28. The lowest BCUT2D eigenvalue weighted by atomic mass is 10.1. The number of nitrogens with zero attached hydrogens (tertiary/aromatic N) is 4. The third-order valence-corrected chi connectivity index (χ3v) is 7.88. The van der Waals surface area contributed by atoms with E-state index in [-0.39, 0.29) is 24.3 Å². The molecule has 0 saturated heterocycles.